The Morgan fingerprint density at radius 3 is 3.00 bits per heavy atom. The van der Waals surface area contributed by atoms with E-state index in [-0.39, 0.29) is 18.5 Å². The van der Waals surface area contributed by atoms with Crippen molar-refractivity contribution in [2.24, 2.45) is 0 Å². The highest BCUT2D eigenvalue weighted by Crippen LogP contribution is 2.36. The number of nitrogens with zero attached hydrogens (tertiary/aromatic N) is 3. The fraction of sp³-hybridized carbons (Fsp3) is 0.357. The predicted molar refractivity (Wildman–Crippen MR) is 81.2 cm³/mol. The largest absolute Gasteiger partial charge is 0.394 e. The summed E-state index contributed by atoms with van der Waals surface area (Å²) in [4.78, 5) is 20.0. The van der Waals surface area contributed by atoms with Crippen LogP contribution in [0.2, 0.25) is 0 Å². The molecule has 120 valence electrons. The van der Waals surface area contributed by atoms with E-state index >= 15 is 0 Å². The van der Waals surface area contributed by atoms with Crippen molar-refractivity contribution in [3.05, 3.63) is 17.8 Å². The molecule has 2 aromatic rings. The summed E-state index contributed by atoms with van der Waals surface area (Å²) in [6, 6.07) is 0. The maximum absolute atomic E-state index is 11.7. The van der Waals surface area contributed by atoms with Crippen molar-refractivity contribution >= 4 is 34.8 Å². The van der Waals surface area contributed by atoms with Crippen molar-refractivity contribution < 1.29 is 19.7 Å². The fourth-order valence-corrected chi connectivity index (χ4v) is 3.00. The summed E-state index contributed by atoms with van der Waals surface area (Å²) in [6.45, 7) is -0.262. The molecule has 0 radical (unpaired) electrons. The molecule has 9 nitrogen and oxygen atoms in total. The first-order valence-corrected chi connectivity index (χ1v) is 7.18. The fourth-order valence-electron chi connectivity index (χ4n) is 3.00. The molecule has 0 spiro atoms. The Morgan fingerprint density at radius 2 is 2.26 bits per heavy atom. The predicted octanol–water partition coefficient (Wildman–Crippen LogP) is -0.381. The van der Waals surface area contributed by atoms with Gasteiger partial charge < -0.3 is 30.6 Å². The van der Waals surface area contributed by atoms with Crippen molar-refractivity contribution in [1.29, 1.82) is 0 Å². The van der Waals surface area contributed by atoms with Crippen LogP contribution in [0.3, 0.4) is 0 Å². The van der Waals surface area contributed by atoms with Crippen LogP contribution in [-0.2, 0) is 9.53 Å². The van der Waals surface area contributed by atoms with E-state index in [0.717, 1.165) is 5.56 Å². The maximum Gasteiger partial charge on any atom is 0.249 e. The second-order valence-corrected chi connectivity index (χ2v) is 5.56. The number of hydrogen-bond acceptors (Lipinski definition) is 7. The number of carbonyl (C=O) groups excluding carboxylic acids is 1. The molecule has 0 saturated carbocycles. The summed E-state index contributed by atoms with van der Waals surface area (Å²) in [5, 5.41) is 22.5. The summed E-state index contributed by atoms with van der Waals surface area (Å²) in [5.74, 6) is 0.0754. The minimum Gasteiger partial charge on any atom is -0.394 e. The first-order valence-electron chi connectivity index (χ1n) is 7.18. The van der Waals surface area contributed by atoms with Gasteiger partial charge in [-0.3, -0.25) is 4.79 Å². The lowest BCUT2D eigenvalue weighted by Gasteiger charge is -2.14. The average Bonchev–Trinajstić information content (AvgIpc) is 3.00. The third-order valence-corrected chi connectivity index (χ3v) is 4.07. The van der Waals surface area contributed by atoms with Gasteiger partial charge in [-0.25, -0.2) is 0 Å². The van der Waals surface area contributed by atoms with Gasteiger partial charge >= 0.3 is 0 Å². The standard InChI is InChI=1S/C14H15N5O4/c15-14-17-12-11-6(1-2-9(22)16-12)4-19(13(11)18-14)10-3-7(21)8(5-20)23-10/h1-2,4,7-8,10,20-21H,3,5H2,(H3,15,16,17,18,22)/t7-,8+,10-/m0/s1. The number of aliphatic hydroxyl groups excluding tert-OH is 2. The normalized spacial score (nSPS) is 26.5. The molecule has 5 N–H and O–H groups in total. The van der Waals surface area contributed by atoms with Gasteiger partial charge in [-0.1, -0.05) is 0 Å². The van der Waals surface area contributed by atoms with Gasteiger partial charge in [0.25, 0.3) is 0 Å². The minimum absolute atomic E-state index is 0.0258. The van der Waals surface area contributed by atoms with Crippen molar-refractivity contribution in [2.75, 3.05) is 17.7 Å². The molecule has 1 saturated heterocycles. The number of anilines is 2. The van der Waals surface area contributed by atoms with Crippen molar-refractivity contribution in [3.8, 4) is 0 Å². The summed E-state index contributed by atoms with van der Waals surface area (Å²) < 4.78 is 7.42. The highest BCUT2D eigenvalue weighted by Gasteiger charge is 2.36. The van der Waals surface area contributed by atoms with Gasteiger partial charge in [0.2, 0.25) is 11.9 Å². The molecule has 2 aliphatic rings. The van der Waals surface area contributed by atoms with Gasteiger partial charge in [-0.2, -0.15) is 9.97 Å². The van der Waals surface area contributed by atoms with E-state index in [1.807, 2.05) is 0 Å². The highest BCUT2D eigenvalue weighted by atomic mass is 16.5. The average molecular weight is 317 g/mol. The SMILES string of the molecule is Nc1nc2c3c(cn([C@@H]4C[C@H](O)[C@@H](CO)O4)c3n1)C=CC(=O)N2. The lowest BCUT2D eigenvalue weighted by Crippen LogP contribution is -2.24. The van der Waals surface area contributed by atoms with Crippen LogP contribution < -0.4 is 11.1 Å². The zero-order chi connectivity index (χ0) is 16.1. The van der Waals surface area contributed by atoms with E-state index < -0.39 is 18.4 Å². The quantitative estimate of drug-likeness (QED) is 0.593. The molecule has 0 aliphatic carbocycles. The Kier molecular flexibility index (Phi) is 3.08. The Balaban J connectivity index is 1.88. The van der Waals surface area contributed by atoms with Crippen molar-refractivity contribution in [1.82, 2.24) is 14.5 Å². The van der Waals surface area contributed by atoms with Crippen molar-refractivity contribution in [3.63, 3.8) is 0 Å². The molecule has 0 bridgehead atoms. The molecule has 1 fully saturated rings. The van der Waals surface area contributed by atoms with E-state index in [1.54, 1.807) is 16.8 Å². The Labute approximate surface area is 130 Å². The van der Waals surface area contributed by atoms with E-state index in [4.69, 9.17) is 10.5 Å². The molecular formula is C14H15N5O4. The molecule has 0 unspecified atom stereocenters. The number of aromatic nitrogens is 3. The molecule has 4 heterocycles. The van der Waals surface area contributed by atoms with E-state index in [1.165, 1.54) is 6.08 Å². The number of carbonyl (C=O) groups is 1. The van der Waals surface area contributed by atoms with Crippen LogP contribution in [0.15, 0.2) is 12.3 Å². The van der Waals surface area contributed by atoms with Gasteiger partial charge in [0.1, 0.15) is 23.8 Å². The number of rotatable bonds is 2. The first-order chi connectivity index (χ1) is 11.1. The van der Waals surface area contributed by atoms with Gasteiger partial charge in [0.15, 0.2) is 0 Å². The molecule has 0 aromatic carbocycles. The number of hydrogen-bond donors (Lipinski definition) is 4. The van der Waals surface area contributed by atoms with Gasteiger partial charge in [0, 0.05) is 24.3 Å². The van der Waals surface area contributed by atoms with Crippen molar-refractivity contribution in [2.45, 2.75) is 24.9 Å². The number of ether oxygens (including phenoxy) is 1. The van der Waals surface area contributed by atoms with E-state index in [2.05, 4.69) is 15.3 Å². The lowest BCUT2D eigenvalue weighted by atomic mass is 10.2. The highest BCUT2D eigenvalue weighted by molar-refractivity contribution is 6.11. The van der Waals surface area contributed by atoms with Gasteiger partial charge in [-0.15, -0.1) is 0 Å². The van der Waals surface area contributed by atoms with E-state index in [0.29, 0.717) is 23.3 Å². The smallest absolute Gasteiger partial charge is 0.249 e. The molecule has 2 aliphatic heterocycles. The minimum atomic E-state index is -0.757. The number of nitrogen functional groups attached to an aromatic ring is 1. The summed E-state index contributed by atoms with van der Waals surface area (Å²) in [6.07, 6.45) is 3.29. The van der Waals surface area contributed by atoms with Crippen LogP contribution in [0.1, 0.15) is 18.2 Å². The first kappa shape index (κ1) is 14.1. The molecule has 2 aromatic heterocycles. The summed E-state index contributed by atoms with van der Waals surface area (Å²) in [7, 11) is 0. The Bertz CT molecular complexity index is 830. The second-order valence-electron chi connectivity index (χ2n) is 5.56. The van der Waals surface area contributed by atoms with Gasteiger partial charge in [-0.05, 0) is 6.08 Å². The molecular weight excluding hydrogens is 302 g/mol. The van der Waals surface area contributed by atoms with Crippen LogP contribution in [0.4, 0.5) is 11.8 Å². The second kappa shape index (κ2) is 5.01. The van der Waals surface area contributed by atoms with Crippen LogP contribution in [0.5, 0.6) is 0 Å². The van der Waals surface area contributed by atoms with Crippen LogP contribution in [-0.4, -0.2) is 49.5 Å². The third-order valence-electron chi connectivity index (χ3n) is 4.07. The number of nitrogens with two attached hydrogens (primary N) is 1. The third kappa shape index (κ3) is 2.17. The van der Waals surface area contributed by atoms with Crippen LogP contribution >= 0.6 is 0 Å². The Morgan fingerprint density at radius 1 is 1.43 bits per heavy atom. The van der Waals surface area contributed by atoms with Crippen LogP contribution in [0.25, 0.3) is 17.1 Å². The van der Waals surface area contributed by atoms with Gasteiger partial charge in [0.05, 0.1) is 18.1 Å². The molecule has 1 amide bonds. The number of amides is 1. The maximum atomic E-state index is 11.7. The summed E-state index contributed by atoms with van der Waals surface area (Å²) in [5.41, 5.74) is 6.99. The number of nitrogens with one attached hydrogen (secondary N) is 1. The monoisotopic (exact) mass is 317 g/mol. The zero-order valence-electron chi connectivity index (χ0n) is 12.0. The van der Waals surface area contributed by atoms with E-state index in [9.17, 15) is 15.0 Å². The molecule has 4 rings (SSSR count). The van der Waals surface area contributed by atoms with Crippen LogP contribution in [0, 0.1) is 0 Å². The lowest BCUT2D eigenvalue weighted by molar-refractivity contribution is -0.111. The Hall–Kier alpha value is -2.49. The molecule has 9 heteroatoms. The zero-order valence-corrected chi connectivity index (χ0v) is 12.0. The topological polar surface area (TPSA) is 136 Å². The molecule has 3 atom stereocenters. The summed E-state index contributed by atoms with van der Waals surface area (Å²) >= 11 is 0. The molecule has 23 heavy (non-hydrogen) atoms. The number of aliphatic hydroxyl groups is 2.